The molecule has 12 atom stereocenters. The van der Waals surface area contributed by atoms with E-state index in [0.29, 0.717) is 83.9 Å². The first-order chi connectivity index (χ1) is 50.9. The van der Waals surface area contributed by atoms with Crippen molar-refractivity contribution in [3.05, 3.63) is 35.2 Å². The summed E-state index contributed by atoms with van der Waals surface area (Å²) < 4.78 is 84.3. The molecule has 3 aliphatic rings. The molecule has 0 aliphatic carbocycles. The Morgan fingerprint density at radius 3 is 2.01 bits per heavy atom. The number of amides is 8. The molecule has 1 aromatic carbocycles. The first-order valence-corrected chi connectivity index (χ1v) is 37.0. The van der Waals surface area contributed by atoms with Crippen LogP contribution in [0.4, 0.5) is 0 Å². The summed E-state index contributed by atoms with van der Waals surface area (Å²) >= 11 is 1.27. The van der Waals surface area contributed by atoms with Gasteiger partial charge < -0.3 is 117 Å². The largest absolute Gasteiger partial charge is 0.496 e. The Morgan fingerprint density at radius 1 is 0.798 bits per heavy atom. The number of fused-ring (bicyclic) bond motifs is 5. The fourth-order valence-electron chi connectivity index (χ4n) is 11.4. The fraction of sp³-hybridized carbons (Fsp3) is 0.687. The Morgan fingerprint density at radius 2 is 1.41 bits per heavy atom. The molecule has 16 N–H and O–H groups in total. The molecule has 2 aromatic rings. The van der Waals surface area contributed by atoms with Crippen LogP contribution in [0.2, 0.25) is 0 Å². The number of thioether (sulfide) groups is 1. The zero-order valence-electron chi connectivity index (χ0n) is 62.2. The number of aromatic nitrogens is 1. The van der Waals surface area contributed by atoms with Crippen LogP contribution in [-0.4, -0.2) is 286 Å². The zero-order valence-corrected chi connectivity index (χ0v) is 60.8. The minimum atomic E-state index is -3.02. The number of ketones is 2. The van der Waals surface area contributed by atoms with Crippen LogP contribution in [0, 0.1) is 29.6 Å². The van der Waals surface area contributed by atoms with Gasteiger partial charge in [0.25, 0.3) is 0 Å². The van der Waals surface area contributed by atoms with Gasteiger partial charge in [-0.1, -0.05) is 34.1 Å². The summed E-state index contributed by atoms with van der Waals surface area (Å²) in [6, 6.07) is -4.44. The van der Waals surface area contributed by atoms with Crippen molar-refractivity contribution in [3.63, 3.8) is 0 Å². The highest BCUT2D eigenvalue weighted by molar-refractivity contribution is 7.98. The number of carbonyl (C=O) groups excluding carboxylic acids is 10. The van der Waals surface area contributed by atoms with Crippen molar-refractivity contribution < 1.29 is 119 Å². The van der Waals surface area contributed by atoms with Crippen LogP contribution in [0.15, 0.2) is 29.1 Å². The summed E-state index contributed by atoms with van der Waals surface area (Å²) in [5.74, 6) is -16.1. The van der Waals surface area contributed by atoms with E-state index in [4.69, 9.17) is 58.6 Å². The van der Waals surface area contributed by atoms with Crippen LogP contribution in [0.25, 0.3) is 10.9 Å². The third-order valence-corrected chi connectivity index (χ3v) is 19.8. The maximum Gasteiger partial charge on any atom is 0.304 e. The van der Waals surface area contributed by atoms with Crippen molar-refractivity contribution in [2.24, 2.45) is 41.1 Å². The molecule has 104 heavy (non-hydrogen) atoms. The number of primary amides is 1. The second kappa shape index (κ2) is 46.5. The number of H-pyrrole nitrogens is 1. The van der Waals surface area contributed by atoms with Crippen molar-refractivity contribution in [1.29, 1.82) is 0 Å². The van der Waals surface area contributed by atoms with Crippen molar-refractivity contribution >= 4 is 98.3 Å². The average molecular weight is 1520 g/mol. The van der Waals surface area contributed by atoms with Gasteiger partial charge in [-0.05, 0) is 30.0 Å². The Kier molecular flexibility index (Phi) is 36.8. The normalized spacial score (nSPS) is 23.2. The first-order valence-electron chi connectivity index (χ1n) is 36.0. The van der Waals surface area contributed by atoms with Crippen molar-refractivity contribution in [2.45, 2.75) is 120 Å². The molecular formula is C67H105N11O24S2. The molecule has 37 heteroatoms. The van der Waals surface area contributed by atoms with Gasteiger partial charge in [-0.25, -0.2) is 0 Å². The van der Waals surface area contributed by atoms with Gasteiger partial charge in [0.1, 0.15) is 28.9 Å². The number of methoxy groups -OCH3 is 1. The molecule has 5 rings (SSSR count). The number of carboxylic acids is 1. The smallest absolute Gasteiger partial charge is 0.304 e. The van der Waals surface area contributed by atoms with E-state index in [9.17, 15) is 63.3 Å². The van der Waals surface area contributed by atoms with E-state index in [0.717, 1.165) is 4.90 Å². The maximum atomic E-state index is 15.4. The van der Waals surface area contributed by atoms with Crippen LogP contribution >= 0.6 is 11.8 Å². The summed E-state index contributed by atoms with van der Waals surface area (Å²) in [5, 5.41) is 58.9. The lowest BCUT2D eigenvalue weighted by Crippen LogP contribution is -2.60. The lowest BCUT2D eigenvalue weighted by atomic mass is 9.85. The van der Waals surface area contributed by atoms with E-state index >= 15 is 9.00 Å². The standard InChI is InChI=1S/C67H105N11O24S2/c1-6-39(2)47-28-44(80)33-72-62(89)42-26-48-46-7-8-55(95-5)49(37-103-24-23-102-22-21-101-20-19-100-18-17-99-16-15-98-14-13-97-12-11-96-10-9-70-31-43(68)32-71-61(88)40(3)25-58(86)87)60(46)77-66(48)104(94)38-51(74-57(85)34-73-63(47)90)64(91)75-50(30-56(69)84)67(93)78-35-45(81)29-52(78)65(92)76-59(53(82)27-42)41(4)54(83)36-79/h7-8,31,39-42,45,47,50-52,54,59,70,77,79,81,83H,6,9-30,32-38,68H2,1-5H3,(H2,69,84)(H,71,88)(H,72,89)(H,73,90)(H,74,85)(H,75,91)(H,76,92)(H,86,87)/b43-31-/t39-,40?,41-,42+,45+,47-,50-,51+,52-,54-,59-,104?/m0/s1/i5D3. The predicted molar refractivity (Wildman–Crippen MR) is 376 cm³/mol. The number of nitrogens with zero attached hydrogens (tertiary/aromatic N) is 1. The SMILES string of the molecule is [2H]C([2H])([2H])Oc1ccc2c3c([nH]c2c1CSCCOCCOCCOCCOCCOCCOCCOCCN/C=C(\N)CNC(=O)C(C)CC(=O)O)S(=O)C[C@H]1NC(=O)CNC(=O)[C@H]([C@@H](C)CC)CC(=O)CNC(=O)[C@@H](CC(=O)[C@H]([C@@H](C)[C@@H](O)CO)NC(=O)[C@@H]2C[C@@H](O)CN2C(=O)[C@H](CC(N)=O)NC1=O)C3. The lowest BCUT2D eigenvalue weighted by Gasteiger charge is -2.32. The molecule has 2 unspecified atom stereocenters. The Balaban J connectivity index is 1.25. The molecule has 0 radical (unpaired) electrons. The minimum Gasteiger partial charge on any atom is -0.496 e. The number of aliphatic carboxylic acids is 1. The number of hydrogen-bond donors (Lipinski definition) is 14. The molecule has 35 nitrogen and oxygen atoms in total. The minimum absolute atomic E-state index is 0.00712. The summed E-state index contributed by atoms with van der Waals surface area (Å²) in [7, 11) is -5.56. The Bertz CT molecular complexity index is 3360. The number of aromatic amines is 1. The van der Waals surface area contributed by atoms with Crippen LogP contribution in [-0.2, 0) is 109 Å². The van der Waals surface area contributed by atoms with Crippen LogP contribution in [0.3, 0.4) is 0 Å². The summed E-state index contributed by atoms with van der Waals surface area (Å²) in [5.41, 5.74) is 12.2. The molecule has 1 aromatic heterocycles. The number of aliphatic hydroxyl groups is 3. The second-order valence-corrected chi connectivity index (χ2v) is 27.9. The molecule has 584 valence electrons. The molecule has 0 saturated carbocycles. The number of nitrogens with two attached hydrogens (primary N) is 2. The summed E-state index contributed by atoms with van der Waals surface area (Å²) in [4.78, 5) is 155. The van der Waals surface area contributed by atoms with Crippen LogP contribution in [0.1, 0.15) is 81.5 Å². The van der Waals surface area contributed by atoms with Crippen molar-refractivity contribution in [2.75, 3.05) is 150 Å². The number of nitrogens with one attached hydrogen (secondary N) is 8. The molecule has 8 amide bonds. The topological polar surface area (TPSA) is 515 Å². The monoisotopic (exact) mass is 1510 g/mol. The van der Waals surface area contributed by atoms with Crippen LogP contribution < -0.4 is 53.4 Å². The zero-order chi connectivity index (χ0) is 78.8. The highest BCUT2D eigenvalue weighted by atomic mass is 32.2. The number of carbonyl (C=O) groups is 11. The third-order valence-electron chi connectivity index (χ3n) is 17.5. The molecular weight excluding hydrogens is 1410 g/mol. The van der Waals surface area contributed by atoms with Gasteiger partial charge in [-0.2, -0.15) is 11.8 Å². The number of benzene rings is 1. The fourth-order valence-corrected chi connectivity index (χ4v) is 13.7. The molecule has 0 spiro atoms. The number of aliphatic hydroxyl groups excluding tert-OH is 3. The number of hydrogen-bond acceptors (Lipinski definition) is 26. The Labute approximate surface area is 614 Å². The molecule has 3 aliphatic heterocycles. The number of ether oxygens (including phenoxy) is 8. The second-order valence-electron chi connectivity index (χ2n) is 25.3. The van der Waals surface area contributed by atoms with Gasteiger partial charge in [0.05, 0.1) is 183 Å². The van der Waals surface area contributed by atoms with E-state index in [1.807, 2.05) is 0 Å². The number of rotatable bonds is 40. The summed E-state index contributed by atoms with van der Waals surface area (Å²) in [6.45, 7) is 8.17. The quantitative estimate of drug-likeness (QED) is 0.0288. The van der Waals surface area contributed by atoms with E-state index in [1.54, 1.807) is 13.8 Å². The molecule has 1 fully saturated rings. The van der Waals surface area contributed by atoms with Gasteiger partial charge in [-0.15, -0.1) is 0 Å². The molecule has 4 heterocycles. The molecule has 1 saturated heterocycles. The van der Waals surface area contributed by atoms with Crippen molar-refractivity contribution in [1.82, 2.24) is 47.1 Å². The molecule has 2 bridgehead atoms. The van der Waals surface area contributed by atoms with E-state index in [-0.39, 0.29) is 84.6 Å². The summed E-state index contributed by atoms with van der Waals surface area (Å²) in [6.07, 6.45) is -4.55. The van der Waals surface area contributed by atoms with E-state index in [2.05, 4.69) is 42.2 Å². The van der Waals surface area contributed by atoms with Crippen molar-refractivity contribution in [3.8, 4) is 5.75 Å². The highest BCUT2D eigenvalue weighted by Crippen LogP contribution is 2.37. The number of carboxylic acid groups (broad SMARTS) is 1. The highest BCUT2D eigenvalue weighted by Gasteiger charge is 2.45. The van der Waals surface area contributed by atoms with Gasteiger partial charge in [0, 0.05) is 90.4 Å². The van der Waals surface area contributed by atoms with Gasteiger partial charge in [-0.3, -0.25) is 56.9 Å². The maximum absolute atomic E-state index is 15.4. The lowest BCUT2D eigenvalue weighted by molar-refractivity contribution is -0.144. The first kappa shape index (κ1) is 82.2. The van der Waals surface area contributed by atoms with E-state index in [1.165, 1.54) is 43.9 Å². The van der Waals surface area contributed by atoms with E-state index < -0.39 is 213 Å². The van der Waals surface area contributed by atoms with Gasteiger partial charge in [0.15, 0.2) is 11.6 Å². The van der Waals surface area contributed by atoms with Gasteiger partial charge >= 0.3 is 5.97 Å². The van der Waals surface area contributed by atoms with Crippen LogP contribution in [0.5, 0.6) is 5.75 Å². The number of Topliss-reactive ketones (excluding diaryl/α,β-unsaturated/α-hetero) is 2. The van der Waals surface area contributed by atoms with Gasteiger partial charge in [0.2, 0.25) is 47.3 Å². The average Bonchev–Trinajstić information content (AvgIpc) is 1.61. The third kappa shape index (κ3) is 29.1. The predicted octanol–water partition coefficient (Wildman–Crippen LogP) is -3.47. The Hall–Kier alpha value is -7.43.